The fraction of sp³-hybridized carbons (Fsp3) is 0.294. The number of piperazine rings is 1. The van der Waals surface area contributed by atoms with Crippen molar-refractivity contribution in [1.82, 2.24) is 14.8 Å². The van der Waals surface area contributed by atoms with E-state index in [1.54, 1.807) is 17.5 Å². The van der Waals surface area contributed by atoms with Crippen LogP contribution in [0.5, 0.6) is 0 Å². The Morgan fingerprint density at radius 1 is 1.04 bits per heavy atom. The van der Waals surface area contributed by atoms with Crippen LogP contribution in [0, 0.1) is 5.82 Å². The molecule has 0 spiro atoms. The summed E-state index contributed by atoms with van der Waals surface area (Å²) in [5, 5.41) is 5.34. The van der Waals surface area contributed by atoms with Crippen LogP contribution in [0.4, 0.5) is 15.2 Å². The Morgan fingerprint density at radius 3 is 2.44 bits per heavy atom. The van der Waals surface area contributed by atoms with E-state index in [1.165, 1.54) is 17.0 Å². The predicted octanol–water partition coefficient (Wildman–Crippen LogP) is 3.62. The van der Waals surface area contributed by atoms with Crippen molar-refractivity contribution in [3.05, 3.63) is 58.0 Å². The van der Waals surface area contributed by atoms with Crippen LogP contribution < -0.4 is 9.80 Å². The van der Waals surface area contributed by atoms with Gasteiger partial charge in [-0.05, 0) is 40.2 Å². The van der Waals surface area contributed by atoms with Crippen LogP contribution in [0.3, 0.4) is 0 Å². The normalized spacial score (nSPS) is 15.0. The van der Waals surface area contributed by atoms with Crippen LogP contribution in [0.15, 0.2) is 47.3 Å². The van der Waals surface area contributed by atoms with Gasteiger partial charge in [-0.3, -0.25) is 4.68 Å². The van der Waals surface area contributed by atoms with Gasteiger partial charge in [0.1, 0.15) is 5.82 Å². The third-order valence-electron chi connectivity index (χ3n) is 4.20. The molecular formula is C17H17BrFN5S. The summed E-state index contributed by atoms with van der Waals surface area (Å²) in [6.07, 6.45) is 5.68. The molecule has 3 heterocycles. The zero-order valence-electron chi connectivity index (χ0n) is 13.5. The summed E-state index contributed by atoms with van der Waals surface area (Å²) >= 11 is 5.13. The van der Waals surface area contributed by atoms with Gasteiger partial charge in [-0.25, -0.2) is 9.37 Å². The first-order chi connectivity index (χ1) is 12.2. The second kappa shape index (κ2) is 7.13. The van der Waals surface area contributed by atoms with E-state index in [9.17, 15) is 4.39 Å². The molecule has 0 bridgehead atoms. The molecule has 0 aliphatic carbocycles. The van der Waals surface area contributed by atoms with Gasteiger partial charge in [0, 0.05) is 49.1 Å². The van der Waals surface area contributed by atoms with Gasteiger partial charge in [0.2, 0.25) is 0 Å². The summed E-state index contributed by atoms with van der Waals surface area (Å²) in [4.78, 5) is 10.4. The standard InChI is InChI=1S/C17H17BrFN5S/c18-13-9-21-24(11-13)12-16-10-20-17(25-16)23-7-5-22(6-8-23)15-3-1-14(19)2-4-15/h1-4,9-11H,5-8,12H2. The molecule has 0 N–H and O–H groups in total. The lowest BCUT2D eigenvalue weighted by Crippen LogP contribution is -2.46. The first-order valence-electron chi connectivity index (χ1n) is 8.05. The molecule has 0 atom stereocenters. The maximum absolute atomic E-state index is 13.1. The molecule has 0 radical (unpaired) electrons. The highest BCUT2D eigenvalue weighted by Gasteiger charge is 2.20. The molecule has 3 aromatic rings. The molecule has 8 heteroatoms. The summed E-state index contributed by atoms with van der Waals surface area (Å²) in [5.41, 5.74) is 1.07. The van der Waals surface area contributed by atoms with E-state index in [-0.39, 0.29) is 5.82 Å². The van der Waals surface area contributed by atoms with Gasteiger partial charge >= 0.3 is 0 Å². The number of rotatable bonds is 4. The molecule has 25 heavy (non-hydrogen) atoms. The van der Waals surface area contributed by atoms with Crippen LogP contribution >= 0.6 is 27.3 Å². The van der Waals surface area contributed by atoms with Gasteiger partial charge in [0.15, 0.2) is 5.13 Å². The third-order valence-corrected chi connectivity index (χ3v) is 5.66. The van der Waals surface area contributed by atoms with Crippen molar-refractivity contribution in [2.75, 3.05) is 36.0 Å². The molecule has 4 rings (SSSR count). The zero-order valence-corrected chi connectivity index (χ0v) is 15.9. The van der Waals surface area contributed by atoms with Gasteiger partial charge in [-0.1, -0.05) is 11.3 Å². The van der Waals surface area contributed by atoms with Crippen molar-refractivity contribution < 1.29 is 4.39 Å². The summed E-state index contributed by atoms with van der Waals surface area (Å²) in [7, 11) is 0. The third kappa shape index (κ3) is 3.85. The Morgan fingerprint density at radius 2 is 1.76 bits per heavy atom. The van der Waals surface area contributed by atoms with Gasteiger partial charge in [-0.2, -0.15) is 5.10 Å². The van der Waals surface area contributed by atoms with Crippen molar-refractivity contribution in [2.24, 2.45) is 0 Å². The van der Waals surface area contributed by atoms with E-state index in [2.05, 4.69) is 35.8 Å². The van der Waals surface area contributed by atoms with Crippen molar-refractivity contribution >= 4 is 38.1 Å². The molecule has 0 unspecified atom stereocenters. The lowest BCUT2D eigenvalue weighted by Gasteiger charge is -2.36. The molecule has 0 amide bonds. The maximum Gasteiger partial charge on any atom is 0.185 e. The highest BCUT2D eigenvalue weighted by atomic mass is 79.9. The summed E-state index contributed by atoms with van der Waals surface area (Å²) < 4.78 is 15.9. The molecule has 5 nitrogen and oxygen atoms in total. The Labute approximate surface area is 157 Å². The minimum absolute atomic E-state index is 0.193. The predicted molar refractivity (Wildman–Crippen MR) is 102 cm³/mol. The largest absolute Gasteiger partial charge is 0.368 e. The summed E-state index contributed by atoms with van der Waals surface area (Å²) in [6, 6.07) is 6.72. The number of benzene rings is 1. The minimum atomic E-state index is -0.193. The summed E-state index contributed by atoms with van der Waals surface area (Å²) in [6.45, 7) is 4.38. The van der Waals surface area contributed by atoms with Crippen LogP contribution in [0.25, 0.3) is 0 Å². The van der Waals surface area contributed by atoms with Crippen LogP contribution in [-0.4, -0.2) is 40.9 Å². The second-order valence-electron chi connectivity index (χ2n) is 5.92. The lowest BCUT2D eigenvalue weighted by atomic mass is 10.2. The van der Waals surface area contributed by atoms with E-state index in [4.69, 9.17) is 0 Å². The topological polar surface area (TPSA) is 37.2 Å². The first kappa shape index (κ1) is 16.5. The Bertz CT molecular complexity index is 839. The zero-order chi connectivity index (χ0) is 17.2. The maximum atomic E-state index is 13.1. The number of halogens is 2. The Hall–Kier alpha value is -1.93. The highest BCUT2D eigenvalue weighted by Crippen LogP contribution is 2.26. The molecule has 2 aromatic heterocycles. The van der Waals surface area contributed by atoms with Gasteiger partial charge < -0.3 is 9.80 Å². The molecule has 1 aliphatic rings. The monoisotopic (exact) mass is 421 g/mol. The molecule has 0 saturated carbocycles. The smallest absolute Gasteiger partial charge is 0.185 e. The van der Waals surface area contributed by atoms with Crippen LogP contribution in [0.2, 0.25) is 0 Å². The molecular weight excluding hydrogens is 405 g/mol. The van der Waals surface area contributed by atoms with Crippen LogP contribution in [-0.2, 0) is 6.54 Å². The number of hydrogen-bond donors (Lipinski definition) is 0. The van der Waals surface area contributed by atoms with Crippen molar-refractivity contribution in [1.29, 1.82) is 0 Å². The fourth-order valence-electron chi connectivity index (χ4n) is 2.91. The van der Waals surface area contributed by atoms with Crippen LogP contribution in [0.1, 0.15) is 4.88 Å². The lowest BCUT2D eigenvalue weighted by molar-refractivity contribution is 0.624. The minimum Gasteiger partial charge on any atom is -0.368 e. The number of aromatic nitrogens is 3. The van der Waals surface area contributed by atoms with Crippen molar-refractivity contribution in [3.8, 4) is 0 Å². The molecule has 1 aromatic carbocycles. The number of thiazole rings is 1. The fourth-order valence-corrected chi connectivity index (χ4v) is 4.19. The number of nitrogens with zero attached hydrogens (tertiary/aromatic N) is 5. The average Bonchev–Trinajstić information content (AvgIpc) is 3.25. The van der Waals surface area contributed by atoms with E-state index >= 15 is 0 Å². The molecule has 130 valence electrons. The molecule has 1 aliphatic heterocycles. The quantitative estimate of drug-likeness (QED) is 0.644. The van der Waals surface area contributed by atoms with E-state index in [0.29, 0.717) is 0 Å². The van der Waals surface area contributed by atoms with Gasteiger partial charge in [0.05, 0.1) is 17.2 Å². The van der Waals surface area contributed by atoms with E-state index in [1.807, 2.05) is 29.2 Å². The first-order valence-corrected chi connectivity index (χ1v) is 9.66. The number of hydrogen-bond acceptors (Lipinski definition) is 5. The molecule has 1 saturated heterocycles. The second-order valence-corrected chi connectivity index (χ2v) is 7.93. The summed E-state index contributed by atoms with van der Waals surface area (Å²) in [5.74, 6) is -0.193. The van der Waals surface area contributed by atoms with Crippen molar-refractivity contribution in [2.45, 2.75) is 6.54 Å². The Balaban J connectivity index is 1.37. The van der Waals surface area contributed by atoms with Gasteiger partial charge in [-0.15, -0.1) is 0 Å². The number of anilines is 2. The molecule has 1 fully saturated rings. The average molecular weight is 422 g/mol. The highest BCUT2D eigenvalue weighted by molar-refractivity contribution is 9.10. The van der Waals surface area contributed by atoms with Gasteiger partial charge in [0.25, 0.3) is 0 Å². The Kier molecular flexibility index (Phi) is 4.72. The van der Waals surface area contributed by atoms with Crippen molar-refractivity contribution in [3.63, 3.8) is 0 Å². The van der Waals surface area contributed by atoms with E-state index in [0.717, 1.165) is 48.0 Å². The SMILES string of the molecule is Fc1ccc(N2CCN(c3ncc(Cn4cc(Br)cn4)s3)CC2)cc1. The van der Waals surface area contributed by atoms with E-state index < -0.39 is 0 Å².